The lowest BCUT2D eigenvalue weighted by Gasteiger charge is -2.28. The molecule has 0 bridgehead atoms. The predicted molar refractivity (Wildman–Crippen MR) is 88.9 cm³/mol. The fraction of sp³-hybridized carbons (Fsp3) is 0.263. The van der Waals surface area contributed by atoms with Gasteiger partial charge in [-0.2, -0.15) is 0 Å². The highest BCUT2D eigenvalue weighted by Gasteiger charge is 2.25. The van der Waals surface area contributed by atoms with Crippen LogP contribution in [0.5, 0.6) is 0 Å². The molecule has 23 heavy (non-hydrogen) atoms. The van der Waals surface area contributed by atoms with Crippen molar-refractivity contribution >= 4 is 12.3 Å². The number of carbonyl (C=O) groups is 2. The molecule has 0 heterocycles. The van der Waals surface area contributed by atoms with E-state index in [0.717, 1.165) is 17.4 Å². The lowest BCUT2D eigenvalue weighted by Crippen LogP contribution is -2.40. The van der Waals surface area contributed by atoms with Crippen molar-refractivity contribution in [2.45, 2.75) is 32.0 Å². The summed E-state index contributed by atoms with van der Waals surface area (Å²) in [6.07, 6.45) is 1.34. The summed E-state index contributed by atoms with van der Waals surface area (Å²) >= 11 is 0. The maximum absolute atomic E-state index is 11.7. The topological polar surface area (TPSA) is 57.6 Å². The van der Waals surface area contributed by atoms with Gasteiger partial charge in [-0.25, -0.2) is 0 Å². The van der Waals surface area contributed by atoms with Gasteiger partial charge in [0.1, 0.15) is 12.3 Å². The second kappa shape index (κ2) is 8.86. The Bertz CT molecular complexity index is 572. The number of carbonyl (C=O) groups excluding carboxylic acids is 1. The predicted octanol–water partition coefficient (Wildman–Crippen LogP) is 3.12. The molecule has 2 aromatic rings. The summed E-state index contributed by atoms with van der Waals surface area (Å²) in [5.74, 6) is -0.890. The first-order valence-electron chi connectivity index (χ1n) is 7.69. The zero-order valence-electron chi connectivity index (χ0n) is 13.0. The average molecular weight is 311 g/mol. The highest BCUT2D eigenvalue weighted by atomic mass is 16.4. The number of hydrogen-bond acceptors (Lipinski definition) is 3. The Kier molecular flexibility index (Phi) is 6.51. The molecule has 0 aliphatic heterocycles. The van der Waals surface area contributed by atoms with Gasteiger partial charge in [-0.05, 0) is 17.5 Å². The Labute approximate surface area is 136 Å². The summed E-state index contributed by atoms with van der Waals surface area (Å²) in [6.45, 7) is 1.07. The Morgan fingerprint density at radius 2 is 1.43 bits per heavy atom. The molecule has 4 heteroatoms. The van der Waals surface area contributed by atoms with Crippen molar-refractivity contribution < 1.29 is 14.7 Å². The Morgan fingerprint density at radius 3 is 1.83 bits per heavy atom. The van der Waals surface area contributed by atoms with E-state index in [2.05, 4.69) is 0 Å². The Hall–Kier alpha value is -2.46. The van der Waals surface area contributed by atoms with Gasteiger partial charge in [0.05, 0.1) is 0 Å². The SMILES string of the molecule is O=CCCC(C(=O)O)N(Cc1ccccc1)Cc1ccccc1. The molecule has 1 N–H and O–H groups in total. The minimum absolute atomic E-state index is 0.247. The maximum Gasteiger partial charge on any atom is 0.320 e. The summed E-state index contributed by atoms with van der Waals surface area (Å²) in [4.78, 5) is 24.2. The van der Waals surface area contributed by atoms with Crippen molar-refractivity contribution in [3.8, 4) is 0 Å². The minimum Gasteiger partial charge on any atom is -0.480 e. The molecule has 2 rings (SSSR count). The van der Waals surface area contributed by atoms with E-state index in [0.29, 0.717) is 19.5 Å². The number of rotatable bonds is 9. The van der Waals surface area contributed by atoms with E-state index >= 15 is 0 Å². The number of carboxylic acid groups (broad SMARTS) is 1. The van der Waals surface area contributed by atoms with Crippen LogP contribution in [-0.2, 0) is 22.7 Å². The van der Waals surface area contributed by atoms with Gasteiger partial charge in [-0.15, -0.1) is 0 Å². The van der Waals surface area contributed by atoms with Crippen LogP contribution in [0.3, 0.4) is 0 Å². The van der Waals surface area contributed by atoms with Crippen molar-refractivity contribution in [2.75, 3.05) is 0 Å². The molecular formula is C19H21NO3. The minimum atomic E-state index is -0.890. The molecule has 0 fully saturated rings. The number of aliphatic carboxylic acids is 1. The van der Waals surface area contributed by atoms with E-state index in [1.807, 2.05) is 65.6 Å². The molecule has 1 unspecified atom stereocenters. The third kappa shape index (κ3) is 5.34. The number of aldehydes is 1. The Morgan fingerprint density at radius 1 is 0.957 bits per heavy atom. The fourth-order valence-corrected chi connectivity index (χ4v) is 2.60. The second-order valence-corrected chi connectivity index (χ2v) is 5.47. The molecule has 120 valence electrons. The van der Waals surface area contributed by atoms with Gasteiger partial charge in [0.25, 0.3) is 0 Å². The molecule has 1 atom stereocenters. The summed E-state index contributed by atoms with van der Waals surface area (Å²) in [5.41, 5.74) is 2.11. The van der Waals surface area contributed by atoms with Gasteiger partial charge in [0.15, 0.2) is 0 Å². The molecule has 0 spiro atoms. The summed E-state index contributed by atoms with van der Waals surface area (Å²) in [7, 11) is 0. The molecule has 0 aliphatic carbocycles. The van der Waals surface area contributed by atoms with E-state index in [-0.39, 0.29) is 6.42 Å². The van der Waals surface area contributed by atoms with Gasteiger partial charge in [0, 0.05) is 19.5 Å². The first kappa shape index (κ1) is 16.9. The monoisotopic (exact) mass is 311 g/mol. The zero-order valence-corrected chi connectivity index (χ0v) is 13.0. The Balaban J connectivity index is 2.21. The van der Waals surface area contributed by atoms with E-state index in [1.54, 1.807) is 0 Å². The molecule has 0 aliphatic rings. The zero-order chi connectivity index (χ0) is 16.5. The van der Waals surface area contributed by atoms with Crippen LogP contribution >= 0.6 is 0 Å². The van der Waals surface area contributed by atoms with Gasteiger partial charge >= 0.3 is 5.97 Å². The van der Waals surface area contributed by atoms with Crippen LogP contribution < -0.4 is 0 Å². The third-order valence-corrected chi connectivity index (χ3v) is 3.74. The summed E-state index contributed by atoms with van der Waals surface area (Å²) in [5, 5.41) is 9.57. The van der Waals surface area contributed by atoms with E-state index in [1.165, 1.54) is 0 Å². The van der Waals surface area contributed by atoms with Crippen molar-refractivity contribution in [3.63, 3.8) is 0 Å². The smallest absolute Gasteiger partial charge is 0.320 e. The molecular weight excluding hydrogens is 290 g/mol. The maximum atomic E-state index is 11.7. The normalized spacial score (nSPS) is 12.0. The third-order valence-electron chi connectivity index (χ3n) is 3.74. The average Bonchev–Trinajstić information content (AvgIpc) is 2.56. The molecule has 2 aromatic carbocycles. The molecule has 0 saturated carbocycles. The lowest BCUT2D eigenvalue weighted by atomic mass is 10.1. The number of carboxylic acids is 1. The standard InChI is InChI=1S/C19H21NO3/c21-13-7-12-18(19(22)23)20(14-16-8-3-1-4-9-16)15-17-10-5-2-6-11-17/h1-6,8-11,13,18H,7,12,14-15H2,(H,22,23). The molecule has 4 nitrogen and oxygen atoms in total. The largest absolute Gasteiger partial charge is 0.480 e. The van der Waals surface area contributed by atoms with Crippen molar-refractivity contribution in [1.82, 2.24) is 4.90 Å². The number of benzene rings is 2. The highest BCUT2D eigenvalue weighted by molar-refractivity contribution is 5.74. The first-order valence-corrected chi connectivity index (χ1v) is 7.69. The van der Waals surface area contributed by atoms with Gasteiger partial charge in [-0.3, -0.25) is 9.69 Å². The van der Waals surface area contributed by atoms with Crippen LogP contribution in [-0.4, -0.2) is 28.3 Å². The molecule has 0 saturated heterocycles. The van der Waals surface area contributed by atoms with Crippen LogP contribution in [0.25, 0.3) is 0 Å². The fourth-order valence-electron chi connectivity index (χ4n) is 2.60. The summed E-state index contributed by atoms with van der Waals surface area (Å²) < 4.78 is 0. The van der Waals surface area contributed by atoms with Crippen molar-refractivity contribution in [3.05, 3.63) is 71.8 Å². The summed E-state index contributed by atoms with van der Waals surface area (Å²) in [6, 6.07) is 18.9. The van der Waals surface area contributed by atoms with Crippen LogP contribution in [0.2, 0.25) is 0 Å². The van der Waals surface area contributed by atoms with E-state index < -0.39 is 12.0 Å². The van der Waals surface area contributed by atoms with Gasteiger partial charge in [-0.1, -0.05) is 60.7 Å². The van der Waals surface area contributed by atoms with Crippen LogP contribution in [0.4, 0.5) is 0 Å². The lowest BCUT2D eigenvalue weighted by molar-refractivity contribution is -0.144. The molecule has 0 aromatic heterocycles. The second-order valence-electron chi connectivity index (χ2n) is 5.47. The van der Waals surface area contributed by atoms with E-state index in [9.17, 15) is 14.7 Å². The molecule has 0 amide bonds. The van der Waals surface area contributed by atoms with E-state index in [4.69, 9.17) is 0 Å². The van der Waals surface area contributed by atoms with Crippen molar-refractivity contribution in [1.29, 1.82) is 0 Å². The molecule has 0 radical (unpaired) electrons. The first-order chi connectivity index (χ1) is 11.2. The van der Waals surface area contributed by atoms with Crippen LogP contribution in [0.15, 0.2) is 60.7 Å². The van der Waals surface area contributed by atoms with Crippen molar-refractivity contribution in [2.24, 2.45) is 0 Å². The quantitative estimate of drug-likeness (QED) is 0.723. The highest BCUT2D eigenvalue weighted by Crippen LogP contribution is 2.16. The van der Waals surface area contributed by atoms with Gasteiger partial charge in [0.2, 0.25) is 0 Å². The van der Waals surface area contributed by atoms with Crippen LogP contribution in [0.1, 0.15) is 24.0 Å². The number of nitrogens with zero attached hydrogens (tertiary/aromatic N) is 1. The van der Waals surface area contributed by atoms with Gasteiger partial charge < -0.3 is 9.90 Å². The van der Waals surface area contributed by atoms with Crippen LogP contribution in [0, 0.1) is 0 Å². The number of hydrogen-bond donors (Lipinski definition) is 1.